The third-order valence-electron chi connectivity index (χ3n) is 3.49. The van der Waals surface area contributed by atoms with Crippen molar-refractivity contribution in [1.29, 1.82) is 0 Å². The molecule has 3 heteroatoms. The van der Waals surface area contributed by atoms with Crippen LogP contribution < -0.4 is 5.73 Å². The Morgan fingerprint density at radius 2 is 2.20 bits per heavy atom. The first-order chi connectivity index (χ1) is 7.25. The largest absolute Gasteiger partial charge is 0.327 e. The molecule has 1 aliphatic carbocycles. The lowest BCUT2D eigenvalue weighted by atomic mass is 9.82. The molecule has 2 rings (SSSR count). The van der Waals surface area contributed by atoms with Gasteiger partial charge in [-0.05, 0) is 30.7 Å². The van der Waals surface area contributed by atoms with Gasteiger partial charge in [0, 0.05) is 19.3 Å². The van der Waals surface area contributed by atoms with Gasteiger partial charge >= 0.3 is 0 Å². The van der Waals surface area contributed by atoms with Crippen molar-refractivity contribution < 1.29 is 0 Å². The summed E-state index contributed by atoms with van der Waals surface area (Å²) in [6, 6.07) is 0.328. The molecule has 3 nitrogen and oxygen atoms in total. The molecule has 1 unspecified atom stereocenters. The minimum Gasteiger partial charge on any atom is -0.327 e. The van der Waals surface area contributed by atoms with Crippen molar-refractivity contribution in [3.05, 3.63) is 18.0 Å². The topological polar surface area (TPSA) is 43.8 Å². The fraction of sp³-hybridized carbons (Fsp3) is 0.750. The molecule has 0 bridgehead atoms. The Bertz CT molecular complexity index is 300. The highest BCUT2D eigenvalue weighted by molar-refractivity contribution is 5.06. The van der Waals surface area contributed by atoms with Gasteiger partial charge in [0.2, 0.25) is 0 Å². The standard InChI is InChI=1S/C12H21N3/c1-15-9-10(8-14-15)7-12(13)11-5-3-2-4-6-11/h8-9,11-12H,2-7,13H2,1H3. The second-order valence-corrected chi connectivity index (χ2v) is 4.79. The predicted octanol–water partition coefficient (Wildman–Crippen LogP) is 1.87. The van der Waals surface area contributed by atoms with Gasteiger partial charge in [0.25, 0.3) is 0 Å². The summed E-state index contributed by atoms with van der Waals surface area (Å²) >= 11 is 0. The highest BCUT2D eigenvalue weighted by atomic mass is 15.2. The molecule has 0 radical (unpaired) electrons. The number of nitrogens with two attached hydrogens (primary N) is 1. The van der Waals surface area contributed by atoms with Crippen molar-refractivity contribution >= 4 is 0 Å². The monoisotopic (exact) mass is 207 g/mol. The van der Waals surface area contributed by atoms with Crippen LogP contribution in [-0.2, 0) is 13.5 Å². The van der Waals surface area contributed by atoms with Gasteiger partial charge in [-0.1, -0.05) is 19.3 Å². The fourth-order valence-electron chi connectivity index (χ4n) is 2.58. The van der Waals surface area contributed by atoms with E-state index in [1.807, 2.05) is 17.9 Å². The quantitative estimate of drug-likeness (QED) is 0.822. The van der Waals surface area contributed by atoms with E-state index in [1.165, 1.54) is 37.7 Å². The summed E-state index contributed by atoms with van der Waals surface area (Å²) in [6.45, 7) is 0. The van der Waals surface area contributed by atoms with Crippen molar-refractivity contribution in [1.82, 2.24) is 9.78 Å². The lowest BCUT2D eigenvalue weighted by Crippen LogP contribution is -2.33. The van der Waals surface area contributed by atoms with Crippen LogP contribution in [0.2, 0.25) is 0 Å². The molecule has 15 heavy (non-hydrogen) atoms. The number of hydrogen-bond donors (Lipinski definition) is 1. The zero-order valence-electron chi connectivity index (χ0n) is 9.52. The third-order valence-corrected chi connectivity index (χ3v) is 3.49. The van der Waals surface area contributed by atoms with E-state index in [9.17, 15) is 0 Å². The van der Waals surface area contributed by atoms with E-state index in [0.29, 0.717) is 6.04 Å². The second-order valence-electron chi connectivity index (χ2n) is 4.79. The third kappa shape index (κ3) is 2.81. The van der Waals surface area contributed by atoms with Crippen LogP contribution in [0.5, 0.6) is 0 Å². The van der Waals surface area contributed by atoms with Crippen LogP contribution in [-0.4, -0.2) is 15.8 Å². The zero-order chi connectivity index (χ0) is 10.7. The summed E-state index contributed by atoms with van der Waals surface area (Å²) in [5.41, 5.74) is 7.53. The Morgan fingerprint density at radius 3 is 2.80 bits per heavy atom. The smallest absolute Gasteiger partial charge is 0.0522 e. The van der Waals surface area contributed by atoms with Crippen LogP contribution in [0.25, 0.3) is 0 Å². The lowest BCUT2D eigenvalue weighted by Gasteiger charge is -2.27. The Morgan fingerprint density at radius 1 is 1.47 bits per heavy atom. The number of aromatic nitrogens is 2. The first-order valence-corrected chi connectivity index (χ1v) is 5.99. The van der Waals surface area contributed by atoms with Crippen LogP contribution in [0.1, 0.15) is 37.7 Å². The van der Waals surface area contributed by atoms with Crippen LogP contribution in [0.3, 0.4) is 0 Å². The number of aryl methyl sites for hydroxylation is 1. The first-order valence-electron chi connectivity index (χ1n) is 5.99. The molecule has 1 aliphatic rings. The van der Waals surface area contributed by atoms with Gasteiger partial charge < -0.3 is 5.73 Å². The van der Waals surface area contributed by atoms with Crippen molar-refractivity contribution in [2.24, 2.45) is 18.7 Å². The molecule has 0 spiro atoms. The molecule has 84 valence electrons. The number of hydrogen-bond acceptors (Lipinski definition) is 2. The summed E-state index contributed by atoms with van der Waals surface area (Å²) in [5.74, 6) is 0.735. The summed E-state index contributed by atoms with van der Waals surface area (Å²) in [5, 5.41) is 4.18. The van der Waals surface area contributed by atoms with Gasteiger partial charge in [-0.15, -0.1) is 0 Å². The predicted molar refractivity (Wildman–Crippen MR) is 61.5 cm³/mol. The van der Waals surface area contributed by atoms with Crippen LogP contribution >= 0.6 is 0 Å². The Labute approximate surface area is 91.7 Å². The van der Waals surface area contributed by atoms with E-state index in [4.69, 9.17) is 5.73 Å². The average molecular weight is 207 g/mol. The highest BCUT2D eigenvalue weighted by Gasteiger charge is 2.20. The fourth-order valence-corrected chi connectivity index (χ4v) is 2.58. The maximum Gasteiger partial charge on any atom is 0.0522 e. The highest BCUT2D eigenvalue weighted by Crippen LogP contribution is 2.26. The van der Waals surface area contributed by atoms with E-state index < -0.39 is 0 Å². The summed E-state index contributed by atoms with van der Waals surface area (Å²) in [7, 11) is 1.95. The van der Waals surface area contributed by atoms with Crippen molar-refractivity contribution in [2.75, 3.05) is 0 Å². The van der Waals surface area contributed by atoms with Crippen molar-refractivity contribution in [3.8, 4) is 0 Å². The Hall–Kier alpha value is -0.830. The SMILES string of the molecule is Cn1cc(CC(N)C2CCCCC2)cn1. The van der Waals surface area contributed by atoms with E-state index in [-0.39, 0.29) is 0 Å². The zero-order valence-corrected chi connectivity index (χ0v) is 9.52. The molecular weight excluding hydrogens is 186 g/mol. The molecule has 1 saturated carbocycles. The molecule has 1 aromatic rings. The van der Waals surface area contributed by atoms with Gasteiger partial charge in [-0.2, -0.15) is 5.10 Å². The molecule has 0 saturated heterocycles. The molecule has 2 N–H and O–H groups in total. The average Bonchev–Trinajstić information content (AvgIpc) is 2.65. The second kappa shape index (κ2) is 4.79. The van der Waals surface area contributed by atoms with E-state index in [2.05, 4.69) is 11.3 Å². The van der Waals surface area contributed by atoms with Crippen LogP contribution in [0, 0.1) is 5.92 Å². The van der Waals surface area contributed by atoms with Gasteiger partial charge in [0.15, 0.2) is 0 Å². The Balaban J connectivity index is 1.88. The van der Waals surface area contributed by atoms with Crippen molar-refractivity contribution in [3.63, 3.8) is 0 Å². The maximum atomic E-state index is 6.25. The summed E-state index contributed by atoms with van der Waals surface area (Å²) in [4.78, 5) is 0. The molecule has 1 aromatic heterocycles. The van der Waals surface area contributed by atoms with Gasteiger partial charge in [-0.25, -0.2) is 0 Å². The molecule has 0 amide bonds. The van der Waals surface area contributed by atoms with Gasteiger partial charge in [-0.3, -0.25) is 4.68 Å². The summed E-state index contributed by atoms with van der Waals surface area (Å²) < 4.78 is 1.85. The maximum absolute atomic E-state index is 6.25. The molecule has 1 heterocycles. The Kier molecular flexibility index (Phi) is 3.41. The van der Waals surface area contributed by atoms with E-state index in [1.54, 1.807) is 0 Å². The van der Waals surface area contributed by atoms with E-state index >= 15 is 0 Å². The summed E-state index contributed by atoms with van der Waals surface area (Å²) in [6.07, 6.45) is 11.8. The molecule has 1 fully saturated rings. The molecule has 0 aliphatic heterocycles. The van der Waals surface area contributed by atoms with Gasteiger partial charge in [0.05, 0.1) is 6.20 Å². The van der Waals surface area contributed by atoms with Crippen LogP contribution in [0.15, 0.2) is 12.4 Å². The number of rotatable bonds is 3. The normalized spacial score (nSPS) is 20.4. The molecule has 0 aromatic carbocycles. The first kappa shape index (κ1) is 10.7. The van der Waals surface area contributed by atoms with Crippen molar-refractivity contribution in [2.45, 2.75) is 44.6 Å². The molecular formula is C12H21N3. The minimum atomic E-state index is 0.328. The molecule has 1 atom stereocenters. The van der Waals surface area contributed by atoms with Gasteiger partial charge in [0.1, 0.15) is 0 Å². The van der Waals surface area contributed by atoms with Crippen LogP contribution in [0.4, 0.5) is 0 Å². The van der Waals surface area contributed by atoms with E-state index in [0.717, 1.165) is 12.3 Å². The lowest BCUT2D eigenvalue weighted by molar-refractivity contribution is 0.303. The minimum absolute atomic E-state index is 0.328. The number of nitrogens with zero attached hydrogens (tertiary/aromatic N) is 2.